The second kappa shape index (κ2) is 10.2. The molecule has 0 amide bonds. The van der Waals surface area contributed by atoms with Crippen LogP contribution in [-0.2, 0) is 19.7 Å². The van der Waals surface area contributed by atoms with E-state index < -0.39 is 6.04 Å². The smallest absolute Gasteiger partial charge is 0.329 e. The molecule has 1 aliphatic heterocycles. The van der Waals surface area contributed by atoms with E-state index >= 15 is 0 Å². The third kappa shape index (κ3) is 5.11. The van der Waals surface area contributed by atoms with Crippen molar-refractivity contribution < 1.29 is 14.3 Å². The Labute approximate surface area is 204 Å². The zero-order valence-electron chi connectivity index (χ0n) is 20.8. The highest BCUT2D eigenvalue weighted by molar-refractivity contribution is 5.95. The second-order valence-corrected chi connectivity index (χ2v) is 10.6. The van der Waals surface area contributed by atoms with Gasteiger partial charge in [-0.25, -0.2) is 4.79 Å². The molecule has 0 aromatic heterocycles. The Morgan fingerprint density at radius 3 is 2.35 bits per heavy atom. The Balaban J connectivity index is 1.56. The van der Waals surface area contributed by atoms with Crippen LogP contribution < -0.4 is 0 Å². The summed E-state index contributed by atoms with van der Waals surface area (Å²) in [7, 11) is 0. The van der Waals surface area contributed by atoms with Crippen molar-refractivity contribution in [2.75, 3.05) is 0 Å². The van der Waals surface area contributed by atoms with E-state index in [1.807, 2.05) is 29.2 Å². The van der Waals surface area contributed by atoms with Gasteiger partial charge in [-0.2, -0.15) is 0 Å². The molecule has 4 heteroatoms. The van der Waals surface area contributed by atoms with Gasteiger partial charge in [0, 0.05) is 18.5 Å². The SMILES string of the molecule is C[C@@H]1CC[C@@H](C(C)(C)c2ccccc2)[C@H](OC(=O)[C@H]2CC(=O)C=CN2[C@@H](C)c2ccccc2)C1. The van der Waals surface area contributed by atoms with Crippen molar-refractivity contribution in [2.45, 2.75) is 77.0 Å². The third-order valence-corrected chi connectivity index (χ3v) is 7.95. The van der Waals surface area contributed by atoms with Crippen LogP contribution in [0.1, 0.15) is 70.5 Å². The minimum Gasteiger partial charge on any atom is -0.460 e. The minimum absolute atomic E-state index is 0.0309. The topological polar surface area (TPSA) is 46.6 Å². The summed E-state index contributed by atoms with van der Waals surface area (Å²) in [5.41, 5.74) is 2.26. The number of benzene rings is 2. The van der Waals surface area contributed by atoms with Crippen LogP contribution in [0.15, 0.2) is 72.9 Å². The van der Waals surface area contributed by atoms with Crippen LogP contribution in [-0.4, -0.2) is 28.8 Å². The lowest BCUT2D eigenvalue weighted by molar-refractivity contribution is -0.164. The van der Waals surface area contributed by atoms with Crippen molar-refractivity contribution in [1.82, 2.24) is 4.90 Å². The largest absolute Gasteiger partial charge is 0.460 e. The number of ketones is 1. The van der Waals surface area contributed by atoms with Crippen LogP contribution in [0.2, 0.25) is 0 Å². The number of carbonyl (C=O) groups excluding carboxylic acids is 2. The van der Waals surface area contributed by atoms with Crippen LogP contribution in [0.25, 0.3) is 0 Å². The first kappa shape index (κ1) is 24.3. The highest BCUT2D eigenvalue weighted by Crippen LogP contribution is 2.44. The van der Waals surface area contributed by atoms with Crippen LogP contribution in [0.5, 0.6) is 0 Å². The lowest BCUT2D eigenvalue weighted by Crippen LogP contribution is -2.48. The number of allylic oxidation sites excluding steroid dienone is 1. The molecule has 180 valence electrons. The van der Waals surface area contributed by atoms with E-state index in [1.165, 1.54) is 5.56 Å². The molecule has 1 heterocycles. The minimum atomic E-state index is -0.606. The molecule has 5 atom stereocenters. The number of hydrogen-bond donors (Lipinski definition) is 0. The molecule has 2 aromatic carbocycles. The average molecular weight is 460 g/mol. The van der Waals surface area contributed by atoms with E-state index in [4.69, 9.17) is 4.74 Å². The number of carbonyl (C=O) groups is 2. The molecule has 4 nitrogen and oxygen atoms in total. The maximum atomic E-state index is 13.6. The monoisotopic (exact) mass is 459 g/mol. The van der Waals surface area contributed by atoms with E-state index in [2.05, 4.69) is 64.1 Å². The lowest BCUT2D eigenvalue weighted by Gasteiger charge is -2.45. The maximum Gasteiger partial charge on any atom is 0.329 e. The summed E-state index contributed by atoms with van der Waals surface area (Å²) in [6, 6.07) is 20.0. The quantitative estimate of drug-likeness (QED) is 0.480. The highest BCUT2D eigenvalue weighted by atomic mass is 16.5. The summed E-state index contributed by atoms with van der Waals surface area (Å²) >= 11 is 0. The fraction of sp³-hybridized carbons (Fsp3) is 0.467. The first-order valence-electron chi connectivity index (χ1n) is 12.6. The van der Waals surface area contributed by atoms with Gasteiger partial charge < -0.3 is 9.64 Å². The van der Waals surface area contributed by atoms with Gasteiger partial charge in [-0.3, -0.25) is 4.79 Å². The molecule has 0 bridgehead atoms. The molecule has 0 unspecified atom stereocenters. The Morgan fingerprint density at radius 1 is 1.03 bits per heavy atom. The highest BCUT2D eigenvalue weighted by Gasteiger charge is 2.43. The third-order valence-electron chi connectivity index (χ3n) is 7.95. The van der Waals surface area contributed by atoms with Crippen LogP contribution in [0.4, 0.5) is 0 Å². The number of rotatable bonds is 6. The fourth-order valence-electron chi connectivity index (χ4n) is 5.74. The molecule has 2 aliphatic rings. The normalized spacial score (nSPS) is 26.2. The molecule has 0 saturated heterocycles. The Morgan fingerprint density at radius 2 is 1.68 bits per heavy atom. The summed E-state index contributed by atoms with van der Waals surface area (Å²) < 4.78 is 6.32. The molecule has 0 radical (unpaired) electrons. The van der Waals surface area contributed by atoms with E-state index in [9.17, 15) is 9.59 Å². The molecular formula is C30H37NO3. The van der Waals surface area contributed by atoms with Crippen molar-refractivity contribution in [3.63, 3.8) is 0 Å². The van der Waals surface area contributed by atoms with E-state index in [-0.39, 0.29) is 41.7 Å². The van der Waals surface area contributed by atoms with Crippen molar-refractivity contribution in [1.29, 1.82) is 0 Å². The van der Waals surface area contributed by atoms with Gasteiger partial charge in [0.05, 0.1) is 6.04 Å². The summed E-state index contributed by atoms with van der Waals surface area (Å²) in [6.07, 6.45) is 6.35. The zero-order valence-corrected chi connectivity index (χ0v) is 20.8. The van der Waals surface area contributed by atoms with Gasteiger partial charge in [0.15, 0.2) is 5.78 Å². The van der Waals surface area contributed by atoms with Gasteiger partial charge >= 0.3 is 5.97 Å². The molecule has 1 fully saturated rings. The first-order valence-corrected chi connectivity index (χ1v) is 12.6. The second-order valence-electron chi connectivity index (χ2n) is 10.6. The van der Waals surface area contributed by atoms with Gasteiger partial charge in [0.1, 0.15) is 12.1 Å². The molecular weight excluding hydrogens is 422 g/mol. The van der Waals surface area contributed by atoms with Crippen molar-refractivity contribution in [3.8, 4) is 0 Å². The predicted octanol–water partition coefficient (Wildman–Crippen LogP) is 6.23. The van der Waals surface area contributed by atoms with Crippen molar-refractivity contribution in [3.05, 3.63) is 84.1 Å². The Hall–Kier alpha value is -2.88. The molecule has 1 aliphatic carbocycles. The maximum absolute atomic E-state index is 13.6. The zero-order chi connectivity index (χ0) is 24.3. The summed E-state index contributed by atoms with van der Waals surface area (Å²) in [5.74, 6) is 0.419. The molecule has 1 saturated carbocycles. The van der Waals surface area contributed by atoms with Crippen LogP contribution in [0, 0.1) is 11.8 Å². The van der Waals surface area contributed by atoms with E-state index in [1.54, 1.807) is 12.3 Å². The fourth-order valence-corrected chi connectivity index (χ4v) is 5.74. The summed E-state index contributed by atoms with van der Waals surface area (Å²) in [5, 5.41) is 0. The molecule has 2 aromatic rings. The molecule has 34 heavy (non-hydrogen) atoms. The number of nitrogens with zero attached hydrogens (tertiary/aromatic N) is 1. The standard InChI is InChI=1S/C30H37NO3/c1-21-15-16-26(30(3,4)24-13-9-6-10-14-24)28(19-21)34-29(33)27-20-25(32)17-18-31(27)22(2)23-11-7-5-8-12-23/h5-14,17-18,21-22,26-28H,15-16,19-20H2,1-4H3/t21-,22+,26-,27-,28-/m1/s1. The Bertz CT molecular complexity index is 1010. The van der Waals surface area contributed by atoms with E-state index in [0.717, 1.165) is 24.8 Å². The lowest BCUT2D eigenvalue weighted by atomic mass is 9.64. The van der Waals surface area contributed by atoms with Gasteiger partial charge in [0.25, 0.3) is 0 Å². The van der Waals surface area contributed by atoms with Gasteiger partial charge in [-0.15, -0.1) is 0 Å². The average Bonchev–Trinajstić information content (AvgIpc) is 2.84. The molecule has 0 N–H and O–H groups in total. The van der Waals surface area contributed by atoms with Crippen LogP contribution >= 0.6 is 0 Å². The van der Waals surface area contributed by atoms with Crippen LogP contribution in [0.3, 0.4) is 0 Å². The van der Waals surface area contributed by atoms with Crippen molar-refractivity contribution >= 4 is 11.8 Å². The number of ether oxygens (including phenoxy) is 1. The van der Waals surface area contributed by atoms with Gasteiger partial charge in [0.2, 0.25) is 0 Å². The van der Waals surface area contributed by atoms with Gasteiger partial charge in [-0.05, 0) is 48.3 Å². The molecule has 4 rings (SSSR count). The van der Waals surface area contributed by atoms with Gasteiger partial charge in [-0.1, -0.05) is 87.9 Å². The van der Waals surface area contributed by atoms with Crippen molar-refractivity contribution in [2.24, 2.45) is 11.8 Å². The predicted molar refractivity (Wildman–Crippen MR) is 135 cm³/mol. The Kier molecular flexibility index (Phi) is 7.25. The van der Waals surface area contributed by atoms with E-state index in [0.29, 0.717) is 5.92 Å². The number of esters is 1. The summed E-state index contributed by atoms with van der Waals surface area (Å²) in [4.78, 5) is 27.9. The molecule has 0 spiro atoms. The number of hydrogen-bond acceptors (Lipinski definition) is 4. The summed E-state index contributed by atoms with van der Waals surface area (Å²) in [6.45, 7) is 8.84. The first-order chi connectivity index (χ1) is 16.3.